The van der Waals surface area contributed by atoms with E-state index in [1.54, 1.807) is 0 Å². The fourth-order valence-corrected chi connectivity index (χ4v) is 2.84. The van der Waals surface area contributed by atoms with Crippen molar-refractivity contribution in [3.05, 3.63) is 34.9 Å². The zero-order valence-electron chi connectivity index (χ0n) is 12.3. The van der Waals surface area contributed by atoms with E-state index in [0.29, 0.717) is 11.4 Å². The maximum absolute atomic E-state index is 12.3. The zero-order valence-corrected chi connectivity index (χ0v) is 13.2. The molecule has 0 aromatic heterocycles. The van der Waals surface area contributed by atoms with E-state index in [0.717, 1.165) is 33.1 Å². The summed E-state index contributed by atoms with van der Waals surface area (Å²) in [5.74, 6) is 0.583. The van der Waals surface area contributed by atoms with Crippen LogP contribution in [0.25, 0.3) is 0 Å². The molecule has 0 amide bonds. The number of benzene rings is 1. The van der Waals surface area contributed by atoms with Gasteiger partial charge in [-0.3, -0.25) is 0 Å². The van der Waals surface area contributed by atoms with E-state index in [9.17, 15) is 4.79 Å². The molecular formula is C15H22LiOP. The van der Waals surface area contributed by atoms with Crippen molar-refractivity contribution in [3.63, 3.8) is 0 Å². The summed E-state index contributed by atoms with van der Waals surface area (Å²) < 4.78 is 0. The molecule has 0 unspecified atom stereocenters. The van der Waals surface area contributed by atoms with Crippen LogP contribution in [0.3, 0.4) is 0 Å². The van der Waals surface area contributed by atoms with E-state index >= 15 is 0 Å². The number of carbonyl (C=O) groups excluding carboxylic acids is 1. The van der Waals surface area contributed by atoms with Gasteiger partial charge in [0.25, 0.3) is 0 Å². The summed E-state index contributed by atoms with van der Waals surface area (Å²) >= 11 is 0. The van der Waals surface area contributed by atoms with Crippen LogP contribution < -0.4 is 18.9 Å². The molecule has 1 aromatic rings. The summed E-state index contributed by atoms with van der Waals surface area (Å²) in [5, 5.41) is 0. The van der Waals surface area contributed by atoms with E-state index in [2.05, 4.69) is 45.9 Å². The van der Waals surface area contributed by atoms with Gasteiger partial charge in [-0.15, -0.1) is 0 Å². The Morgan fingerprint density at radius 2 is 1.67 bits per heavy atom. The molecule has 0 aliphatic rings. The zero-order chi connectivity index (χ0) is 12.8. The first-order valence-corrected chi connectivity index (χ1v) is 7.50. The molecule has 1 rings (SSSR count). The summed E-state index contributed by atoms with van der Waals surface area (Å²) in [6.45, 7) is 8.55. The molecule has 0 bridgehead atoms. The third-order valence-electron chi connectivity index (χ3n) is 2.81. The van der Waals surface area contributed by atoms with Crippen LogP contribution in [0.1, 0.15) is 49.2 Å². The second-order valence-corrected chi connectivity index (χ2v) is 5.79. The average molecular weight is 256 g/mol. The predicted octanol–water partition coefficient (Wildman–Crippen LogP) is 1.56. The number of aryl methyl sites for hydroxylation is 2. The Kier molecular flexibility index (Phi) is 8.88. The van der Waals surface area contributed by atoms with Crippen LogP contribution in [0.4, 0.5) is 0 Å². The molecule has 0 atom stereocenters. The van der Waals surface area contributed by atoms with E-state index in [4.69, 9.17) is 0 Å². The molecule has 0 N–H and O–H groups in total. The molecule has 0 heterocycles. The Balaban J connectivity index is 0.00000289. The Morgan fingerprint density at radius 3 is 2.06 bits per heavy atom. The Hall–Kier alpha value is -0.0826. The van der Waals surface area contributed by atoms with Gasteiger partial charge in [-0.25, -0.2) is 0 Å². The average Bonchev–Trinajstić information content (AvgIpc) is 2.34. The minimum atomic E-state index is 0. The second kappa shape index (κ2) is 8.92. The molecule has 0 aliphatic heterocycles. The summed E-state index contributed by atoms with van der Waals surface area (Å²) in [7, 11) is 0.941. The van der Waals surface area contributed by atoms with Gasteiger partial charge in [-0.05, 0) is 29.5 Å². The molecule has 0 fully saturated rings. The Labute approximate surface area is 125 Å². The van der Waals surface area contributed by atoms with Crippen LogP contribution in [0.5, 0.6) is 0 Å². The second-order valence-electron chi connectivity index (χ2n) is 4.70. The molecule has 0 saturated heterocycles. The SMILES string of the molecule is CCc1cccc(CC)c1C(=O)[P-]CC(C)C.[Li+]. The van der Waals surface area contributed by atoms with Gasteiger partial charge in [-0.1, -0.05) is 51.8 Å². The summed E-state index contributed by atoms with van der Waals surface area (Å²) in [5.41, 5.74) is 3.68. The van der Waals surface area contributed by atoms with Gasteiger partial charge in [0.2, 0.25) is 0 Å². The van der Waals surface area contributed by atoms with Crippen LogP contribution in [0, 0.1) is 5.92 Å². The molecule has 0 spiro atoms. The number of hydrogen-bond donors (Lipinski definition) is 0. The van der Waals surface area contributed by atoms with Crippen molar-refractivity contribution in [1.29, 1.82) is 0 Å². The van der Waals surface area contributed by atoms with E-state index in [-0.39, 0.29) is 18.9 Å². The summed E-state index contributed by atoms with van der Waals surface area (Å²) in [6.07, 6.45) is 2.83. The Morgan fingerprint density at radius 1 is 1.17 bits per heavy atom. The van der Waals surface area contributed by atoms with Gasteiger partial charge < -0.3 is 13.4 Å². The van der Waals surface area contributed by atoms with Crippen molar-refractivity contribution < 1.29 is 23.7 Å². The van der Waals surface area contributed by atoms with Gasteiger partial charge in [0.15, 0.2) is 0 Å². The van der Waals surface area contributed by atoms with Gasteiger partial charge >= 0.3 is 18.9 Å². The monoisotopic (exact) mass is 256 g/mol. The smallest absolute Gasteiger partial charge is 0.459 e. The minimum Gasteiger partial charge on any atom is -0.459 e. The van der Waals surface area contributed by atoms with Crippen LogP contribution in [-0.2, 0) is 12.8 Å². The molecule has 0 radical (unpaired) electrons. The van der Waals surface area contributed by atoms with Crippen LogP contribution in [0.2, 0.25) is 0 Å². The fourth-order valence-electron chi connectivity index (χ4n) is 1.86. The topological polar surface area (TPSA) is 17.1 Å². The maximum atomic E-state index is 12.3. The van der Waals surface area contributed by atoms with E-state index in [1.165, 1.54) is 11.1 Å². The molecule has 94 valence electrons. The standard InChI is InChI=1S/C15H22OP.Li/c1-5-12-8-7-9-13(6-2)14(12)15(16)17-10-11(3)4;/h7-9,11H,5-6,10H2,1-4H3;/q-1;+1. The summed E-state index contributed by atoms with van der Waals surface area (Å²) in [4.78, 5) is 12.3. The molecule has 3 heteroatoms. The van der Waals surface area contributed by atoms with Crippen LogP contribution in [0.15, 0.2) is 18.2 Å². The van der Waals surface area contributed by atoms with Gasteiger partial charge in [0, 0.05) is 5.52 Å². The number of hydrogen-bond acceptors (Lipinski definition) is 1. The van der Waals surface area contributed by atoms with Crippen LogP contribution in [-0.4, -0.2) is 11.7 Å². The first-order valence-electron chi connectivity index (χ1n) is 6.42. The first kappa shape index (κ1) is 17.9. The maximum Gasteiger partial charge on any atom is 1.00 e. The van der Waals surface area contributed by atoms with Gasteiger partial charge in [0.1, 0.15) is 0 Å². The van der Waals surface area contributed by atoms with Crippen molar-refractivity contribution in [1.82, 2.24) is 0 Å². The van der Waals surface area contributed by atoms with Crippen molar-refractivity contribution in [3.8, 4) is 0 Å². The fraction of sp³-hybridized carbons (Fsp3) is 0.533. The van der Waals surface area contributed by atoms with E-state index in [1.807, 2.05) is 0 Å². The van der Waals surface area contributed by atoms with Crippen molar-refractivity contribution >= 4 is 14.1 Å². The van der Waals surface area contributed by atoms with Gasteiger partial charge in [-0.2, -0.15) is 6.16 Å². The molecule has 0 aliphatic carbocycles. The van der Waals surface area contributed by atoms with Crippen molar-refractivity contribution in [2.75, 3.05) is 6.16 Å². The van der Waals surface area contributed by atoms with E-state index < -0.39 is 0 Å². The normalized spacial score (nSPS) is 10.9. The van der Waals surface area contributed by atoms with Crippen LogP contribution >= 0.6 is 8.58 Å². The minimum absolute atomic E-state index is 0. The molecule has 18 heavy (non-hydrogen) atoms. The third kappa shape index (κ3) is 4.89. The Bertz CT molecular complexity index is 366. The molecule has 0 saturated carbocycles. The summed E-state index contributed by atoms with van der Waals surface area (Å²) in [6, 6.07) is 6.22. The number of carbonyl (C=O) groups is 1. The van der Waals surface area contributed by atoms with Crippen molar-refractivity contribution in [2.24, 2.45) is 5.92 Å². The molecule has 1 aromatic carbocycles. The predicted molar refractivity (Wildman–Crippen MR) is 76.2 cm³/mol. The third-order valence-corrected chi connectivity index (χ3v) is 4.24. The largest absolute Gasteiger partial charge is 1.00 e. The van der Waals surface area contributed by atoms with Crippen molar-refractivity contribution in [2.45, 2.75) is 40.5 Å². The molecule has 1 nitrogen and oxygen atoms in total. The first-order chi connectivity index (χ1) is 8.10. The molecular weight excluding hydrogens is 234 g/mol. The van der Waals surface area contributed by atoms with Gasteiger partial charge in [0.05, 0.1) is 0 Å². The quantitative estimate of drug-likeness (QED) is 0.557. The number of rotatable bonds is 6.